The molecule has 0 radical (unpaired) electrons. The van der Waals surface area contributed by atoms with Crippen LogP contribution in [0, 0.1) is 0 Å². The van der Waals surface area contributed by atoms with E-state index in [-0.39, 0.29) is 24.0 Å². The summed E-state index contributed by atoms with van der Waals surface area (Å²) in [7, 11) is -1.18. The zero-order valence-electron chi connectivity index (χ0n) is 10.1. The van der Waals surface area contributed by atoms with Gasteiger partial charge >= 0.3 is 0 Å². The third-order valence-corrected chi connectivity index (χ3v) is 4.97. The van der Waals surface area contributed by atoms with Crippen molar-refractivity contribution in [2.24, 2.45) is 0 Å². The van der Waals surface area contributed by atoms with Gasteiger partial charge in [0, 0.05) is 19.1 Å². The smallest absolute Gasteiger partial charge is 0.236 e. The first kappa shape index (κ1) is 13.4. The van der Waals surface area contributed by atoms with Crippen LogP contribution in [0.2, 0.25) is 0 Å². The average Bonchev–Trinajstić information content (AvgIpc) is 2.49. The van der Waals surface area contributed by atoms with E-state index in [1.54, 1.807) is 11.9 Å². The Morgan fingerprint density at radius 1 is 1.50 bits per heavy atom. The van der Waals surface area contributed by atoms with Gasteiger partial charge in [0.1, 0.15) is 0 Å². The molecule has 0 aromatic rings. The standard InChI is InChI=1S/C10H20N2O3S/c1-4-12(3)9(13)7-11-10(2)5-6-16(14,15)8-10/h11H,4-8H2,1-3H3. The van der Waals surface area contributed by atoms with Crippen molar-refractivity contribution in [1.29, 1.82) is 0 Å². The molecule has 1 heterocycles. The monoisotopic (exact) mass is 248 g/mol. The maximum Gasteiger partial charge on any atom is 0.236 e. The summed E-state index contributed by atoms with van der Waals surface area (Å²) in [4.78, 5) is 13.2. The molecule has 1 aliphatic rings. The van der Waals surface area contributed by atoms with Crippen LogP contribution in [0.3, 0.4) is 0 Å². The molecule has 1 aliphatic heterocycles. The van der Waals surface area contributed by atoms with Crippen molar-refractivity contribution in [3.8, 4) is 0 Å². The van der Waals surface area contributed by atoms with Gasteiger partial charge < -0.3 is 10.2 Å². The lowest BCUT2D eigenvalue weighted by Crippen LogP contribution is -2.48. The first-order chi connectivity index (χ1) is 7.28. The zero-order chi connectivity index (χ0) is 12.4. The molecule has 0 aromatic heterocycles. The van der Waals surface area contributed by atoms with E-state index < -0.39 is 15.4 Å². The second-order valence-corrected chi connectivity index (χ2v) is 6.85. The highest BCUT2D eigenvalue weighted by Crippen LogP contribution is 2.22. The summed E-state index contributed by atoms with van der Waals surface area (Å²) in [5.74, 6) is 0.338. The molecule has 0 saturated carbocycles. The van der Waals surface area contributed by atoms with E-state index in [2.05, 4.69) is 5.32 Å². The van der Waals surface area contributed by atoms with Gasteiger partial charge in [-0.3, -0.25) is 4.79 Å². The molecule has 16 heavy (non-hydrogen) atoms. The first-order valence-electron chi connectivity index (χ1n) is 5.47. The van der Waals surface area contributed by atoms with Gasteiger partial charge in [-0.15, -0.1) is 0 Å². The van der Waals surface area contributed by atoms with Crippen molar-refractivity contribution in [3.63, 3.8) is 0 Å². The van der Waals surface area contributed by atoms with Gasteiger partial charge in [-0.25, -0.2) is 8.42 Å². The molecule has 6 heteroatoms. The molecule has 1 amide bonds. The lowest BCUT2D eigenvalue weighted by Gasteiger charge is -2.25. The lowest BCUT2D eigenvalue weighted by molar-refractivity contribution is -0.129. The molecule has 0 aliphatic carbocycles. The third kappa shape index (κ3) is 3.45. The van der Waals surface area contributed by atoms with Gasteiger partial charge in [0.2, 0.25) is 5.91 Å². The van der Waals surface area contributed by atoms with Crippen LogP contribution in [-0.4, -0.2) is 56.4 Å². The summed E-state index contributed by atoms with van der Waals surface area (Å²) in [5, 5.41) is 3.06. The van der Waals surface area contributed by atoms with Crippen LogP contribution in [0.25, 0.3) is 0 Å². The summed E-state index contributed by atoms with van der Waals surface area (Å²) < 4.78 is 22.7. The normalized spacial score (nSPS) is 27.9. The Morgan fingerprint density at radius 2 is 2.12 bits per heavy atom. The van der Waals surface area contributed by atoms with E-state index >= 15 is 0 Å². The molecular formula is C10H20N2O3S. The Bertz CT molecular complexity index is 366. The van der Waals surface area contributed by atoms with Crippen molar-refractivity contribution in [2.45, 2.75) is 25.8 Å². The van der Waals surface area contributed by atoms with Crippen LogP contribution in [0.4, 0.5) is 0 Å². The van der Waals surface area contributed by atoms with Crippen molar-refractivity contribution < 1.29 is 13.2 Å². The Morgan fingerprint density at radius 3 is 2.56 bits per heavy atom. The highest BCUT2D eigenvalue weighted by molar-refractivity contribution is 7.91. The minimum Gasteiger partial charge on any atom is -0.345 e. The van der Waals surface area contributed by atoms with Crippen LogP contribution < -0.4 is 5.32 Å². The van der Waals surface area contributed by atoms with E-state index in [9.17, 15) is 13.2 Å². The van der Waals surface area contributed by atoms with E-state index in [0.29, 0.717) is 13.0 Å². The summed E-state index contributed by atoms with van der Waals surface area (Å²) in [6.45, 7) is 4.63. The quantitative estimate of drug-likeness (QED) is 0.737. The molecule has 1 rings (SSSR count). The second kappa shape index (κ2) is 4.71. The minimum atomic E-state index is -2.92. The molecule has 0 bridgehead atoms. The SMILES string of the molecule is CCN(C)C(=O)CNC1(C)CCS(=O)(=O)C1. The van der Waals surface area contributed by atoms with Crippen molar-refractivity contribution in [1.82, 2.24) is 10.2 Å². The van der Waals surface area contributed by atoms with Crippen LogP contribution in [0.15, 0.2) is 0 Å². The number of hydrogen-bond acceptors (Lipinski definition) is 4. The molecule has 1 saturated heterocycles. The summed E-state index contributed by atoms with van der Waals surface area (Å²) in [6.07, 6.45) is 0.582. The molecule has 0 spiro atoms. The van der Waals surface area contributed by atoms with E-state index in [1.165, 1.54) is 0 Å². The van der Waals surface area contributed by atoms with Gasteiger partial charge in [0.05, 0.1) is 18.1 Å². The van der Waals surface area contributed by atoms with Crippen molar-refractivity contribution >= 4 is 15.7 Å². The Hall–Kier alpha value is -0.620. The average molecular weight is 248 g/mol. The molecule has 5 nitrogen and oxygen atoms in total. The minimum absolute atomic E-state index is 0.00646. The zero-order valence-corrected chi connectivity index (χ0v) is 10.9. The maximum absolute atomic E-state index is 11.5. The molecule has 1 fully saturated rings. The van der Waals surface area contributed by atoms with Gasteiger partial charge in [0.25, 0.3) is 0 Å². The van der Waals surface area contributed by atoms with E-state index in [1.807, 2.05) is 13.8 Å². The fraction of sp³-hybridized carbons (Fsp3) is 0.900. The van der Waals surface area contributed by atoms with Crippen LogP contribution in [0.5, 0.6) is 0 Å². The van der Waals surface area contributed by atoms with Crippen molar-refractivity contribution in [2.75, 3.05) is 31.6 Å². The van der Waals surface area contributed by atoms with Crippen LogP contribution in [0.1, 0.15) is 20.3 Å². The number of rotatable bonds is 4. The number of hydrogen-bond donors (Lipinski definition) is 1. The van der Waals surface area contributed by atoms with Gasteiger partial charge in [-0.2, -0.15) is 0 Å². The Balaban J connectivity index is 2.47. The number of amides is 1. The highest BCUT2D eigenvalue weighted by atomic mass is 32.2. The van der Waals surface area contributed by atoms with Gasteiger partial charge in [0.15, 0.2) is 9.84 Å². The van der Waals surface area contributed by atoms with Gasteiger partial charge in [-0.05, 0) is 20.3 Å². The molecule has 1 N–H and O–H groups in total. The molecular weight excluding hydrogens is 228 g/mol. The molecule has 94 valence electrons. The second-order valence-electron chi connectivity index (χ2n) is 4.66. The first-order valence-corrected chi connectivity index (χ1v) is 7.29. The van der Waals surface area contributed by atoms with Gasteiger partial charge in [-0.1, -0.05) is 0 Å². The predicted octanol–water partition coefficient (Wildman–Crippen LogP) is -0.368. The maximum atomic E-state index is 11.5. The van der Waals surface area contributed by atoms with Crippen LogP contribution >= 0.6 is 0 Å². The van der Waals surface area contributed by atoms with E-state index in [4.69, 9.17) is 0 Å². The number of carbonyl (C=O) groups excluding carboxylic acids is 1. The third-order valence-electron chi connectivity index (χ3n) is 3.07. The van der Waals surface area contributed by atoms with E-state index in [0.717, 1.165) is 0 Å². The molecule has 0 aromatic carbocycles. The fourth-order valence-electron chi connectivity index (χ4n) is 1.75. The largest absolute Gasteiger partial charge is 0.345 e. The number of likely N-dealkylation sites (N-methyl/N-ethyl adjacent to an activating group) is 1. The topological polar surface area (TPSA) is 66.5 Å². The Labute approximate surface area is 97.1 Å². The predicted molar refractivity (Wildman–Crippen MR) is 63.0 cm³/mol. The molecule has 1 unspecified atom stereocenters. The summed E-state index contributed by atoms with van der Waals surface area (Å²) >= 11 is 0. The van der Waals surface area contributed by atoms with Crippen LogP contribution in [-0.2, 0) is 14.6 Å². The lowest BCUT2D eigenvalue weighted by atomic mass is 10.0. The fourth-order valence-corrected chi connectivity index (χ4v) is 3.87. The van der Waals surface area contributed by atoms with Crippen molar-refractivity contribution in [3.05, 3.63) is 0 Å². The highest BCUT2D eigenvalue weighted by Gasteiger charge is 2.38. The number of sulfone groups is 1. The summed E-state index contributed by atoms with van der Waals surface area (Å²) in [6, 6.07) is 0. The number of nitrogens with zero attached hydrogens (tertiary/aromatic N) is 1. The number of nitrogens with one attached hydrogen (secondary N) is 1. The molecule has 1 atom stereocenters. The summed E-state index contributed by atoms with van der Waals surface area (Å²) in [5.41, 5.74) is -0.441. The number of carbonyl (C=O) groups is 1. The Kier molecular flexibility index (Phi) is 3.96.